The Morgan fingerprint density at radius 2 is 2.00 bits per heavy atom. The molecule has 0 saturated carbocycles. The second kappa shape index (κ2) is 4.86. The van der Waals surface area contributed by atoms with Crippen molar-refractivity contribution in [1.29, 1.82) is 0 Å². The molecule has 100 valence electrons. The number of nitro groups is 1. The number of benzene rings is 1. The van der Waals surface area contributed by atoms with E-state index in [0.29, 0.717) is 0 Å². The molecule has 1 aromatic carbocycles. The highest BCUT2D eigenvalue weighted by atomic mass is 19.4. The van der Waals surface area contributed by atoms with Crippen LogP contribution in [0, 0.1) is 10.1 Å². The van der Waals surface area contributed by atoms with Gasteiger partial charge in [-0.3, -0.25) is 10.1 Å². The van der Waals surface area contributed by atoms with Crippen LogP contribution in [0.3, 0.4) is 0 Å². The minimum atomic E-state index is -4.97. The smallest absolute Gasteiger partial charge is 0.416 e. The third-order valence-corrected chi connectivity index (χ3v) is 2.00. The molecule has 0 spiro atoms. The zero-order chi connectivity index (χ0) is 14.8. The number of hydrogen-bond donors (Lipinski definition) is 1. The van der Waals surface area contributed by atoms with E-state index >= 15 is 0 Å². The third-order valence-electron chi connectivity index (χ3n) is 2.00. The highest BCUT2D eigenvalue weighted by molar-refractivity contribution is 5.96. The van der Waals surface area contributed by atoms with E-state index in [1.54, 1.807) is 0 Å². The van der Waals surface area contributed by atoms with Crippen LogP contribution in [0.15, 0.2) is 17.1 Å². The zero-order valence-corrected chi connectivity index (χ0v) is 8.76. The largest absolute Gasteiger partial charge is 0.478 e. The SMILES string of the molecule is O=C=Nc1c(C(=O)O)cc(C(F)(F)F)cc1[N+](=O)[O-]. The van der Waals surface area contributed by atoms with Gasteiger partial charge in [-0.2, -0.15) is 18.2 Å². The Labute approximate surface area is 102 Å². The van der Waals surface area contributed by atoms with Crippen molar-refractivity contribution in [2.75, 3.05) is 0 Å². The Morgan fingerprint density at radius 1 is 1.42 bits per heavy atom. The average Bonchev–Trinajstić information content (AvgIpc) is 2.27. The minimum Gasteiger partial charge on any atom is -0.478 e. The lowest BCUT2D eigenvalue weighted by atomic mass is 10.1. The summed E-state index contributed by atoms with van der Waals surface area (Å²) in [5.74, 6) is -1.89. The maximum atomic E-state index is 12.5. The third kappa shape index (κ3) is 2.93. The van der Waals surface area contributed by atoms with Crippen LogP contribution in [0.1, 0.15) is 15.9 Å². The van der Waals surface area contributed by atoms with Crippen LogP contribution in [0.5, 0.6) is 0 Å². The molecule has 0 heterocycles. The molecule has 1 N–H and O–H groups in total. The second-order valence-corrected chi connectivity index (χ2v) is 3.15. The van der Waals surface area contributed by atoms with Gasteiger partial charge in [0.25, 0.3) is 5.69 Å². The van der Waals surface area contributed by atoms with Gasteiger partial charge < -0.3 is 5.11 Å². The van der Waals surface area contributed by atoms with E-state index < -0.39 is 39.6 Å². The van der Waals surface area contributed by atoms with E-state index in [1.165, 1.54) is 0 Å². The molecule has 10 heteroatoms. The second-order valence-electron chi connectivity index (χ2n) is 3.15. The molecule has 0 aromatic heterocycles. The molecule has 0 bridgehead atoms. The Hall–Kier alpha value is -2.74. The minimum absolute atomic E-state index is 0.0998. The lowest BCUT2D eigenvalue weighted by Gasteiger charge is -2.09. The number of aromatic carboxylic acids is 1. The van der Waals surface area contributed by atoms with Crippen molar-refractivity contribution in [3.63, 3.8) is 0 Å². The fourth-order valence-corrected chi connectivity index (χ4v) is 1.25. The maximum absolute atomic E-state index is 12.5. The molecule has 1 rings (SSSR count). The highest BCUT2D eigenvalue weighted by Gasteiger charge is 2.35. The Balaban J connectivity index is 3.77. The molecule has 0 atom stereocenters. The normalized spacial score (nSPS) is 10.7. The zero-order valence-electron chi connectivity index (χ0n) is 8.76. The number of rotatable bonds is 3. The van der Waals surface area contributed by atoms with Gasteiger partial charge in [-0.05, 0) is 6.07 Å². The molecular weight excluding hydrogens is 273 g/mol. The molecular formula is C9H3F3N2O5. The number of carboxylic acids is 1. The molecule has 1 aromatic rings. The number of nitrogens with zero attached hydrogens (tertiary/aromatic N) is 2. The van der Waals surface area contributed by atoms with Crippen molar-refractivity contribution in [3.05, 3.63) is 33.4 Å². The van der Waals surface area contributed by atoms with Crippen LogP contribution >= 0.6 is 0 Å². The number of isocyanates is 1. The van der Waals surface area contributed by atoms with Gasteiger partial charge in [0, 0.05) is 6.07 Å². The number of hydrogen-bond acceptors (Lipinski definition) is 5. The highest BCUT2D eigenvalue weighted by Crippen LogP contribution is 2.38. The summed E-state index contributed by atoms with van der Waals surface area (Å²) in [7, 11) is 0. The lowest BCUT2D eigenvalue weighted by Crippen LogP contribution is -2.09. The molecule has 0 saturated heterocycles. The number of alkyl halides is 3. The van der Waals surface area contributed by atoms with E-state index in [4.69, 9.17) is 5.11 Å². The molecule has 19 heavy (non-hydrogen) atoms. The standard InChI is InChI=1S/C9H3F3N2O5/c10-9(11,12)4-1-5(8(16)17)7(13-3-15)6(2-4)14(18)19/h1-2H,(H,16,17). The van der Waals surface area contributed by atoms with Crippen LogP contribution in [0.2, 0.25) is 0 Å². The van der Waals surface area contributed by atoms with Gasteiger partial charge in [0.2, 0.25) is 6.08 Å². The van der Waals surface area contributed by atoms with Gasteiger partial charge in [-0.25, -0.2) is 9.59 Å². The summed E-state index contributed by atoms with van der Waals surface area (Å²) in [6.07, 6.45) is -4.12. The van der Waals surface area contributed by atoms with Crippen molar-refractivity contribution in [2.45, 2.75) is 6.18 Å². The first-order valence-corrected chi connectivity index (χ1v) is 4.39. The van der Waals surface area contributed by atoms with Crippen molar-refractivity contribution in [3.8, 4) is 0 Å². The van der Waals surface area contributed by atoms with Gasteiger partial charge in [-0.1, -0.05) is 0 Å². The molecule has 0 aliphatic rings. The first-order valence-electron chi connectivity index (χ1n) is 4.39. The summed E-state index contributed by atoms with van der Waals surface area (Å²) in [6.45, 7) is 0. The topological polar surface area (TPSA) is 110 Å². The van der Waals surface area contributed by atoms with E-state index in [9.17, 15) is 32.9 Å². The first kappa shape index (κ1) is 14.3. The van der Waals surface area contributed by atoms with Crippen molar-refractivity contribution in [1.82, 2.24) is 0 Å². The summed E-state index contributed by atoms with van der Waals surface area (Å²) in [4.78, 5) is 33.0. The fourth-order valence-electron chi connectivity index (χ4n) is 1.25. The maximum Gasteiger partial charge on any atom is 0.416 e. The summed E-state index contributed by atoms with van der Waals surface area (Å²) in [5, 5.41) is 19.3. The van der Waals surface area contributed by atoms with Crippen molar-refractivity contribution < 1.29 is 32.8 Å². The van der Waals surface area contributed by atoms with Crippen LogP contribution in [0.25, 0.3) is 0 Å². The quantitative estimate of drug-likeness (QED) is 0.394. The molecule has 7 nitrogen and oxygen atoms in total. The van der Waals surface area contributed by atoms with Gasteiger partial charge in [-0.15, -0.1) is 0 Å². The molecule has 0 amide bonds. The summed E-state index contributed by atoms with van der Waals surface area (Å²) in [5.41, 5.74) is -4.86. The van der Waals surface area contributed by atoms with Crippen LogP contribution < -0.4 is 0 Å². The predicted octanol–water partition coefficient (Wildman–Crippen LogP) is 2.28. The van der Waals surface area contributed by atoms with Gasteiger partial charge in [0.05, 0.1) is 16.1 Å². The van der Waals surface area contributed by atoms with Gasteiger partial charge >= 0.3 is 12.1 Å². The molecule has 0 fully saturated rings. The summed E-state index contributed by atoms with van der Waals surface area (Å²) >= 11 is 0. The average molecular weight is 276 g/mol. The van der Waals surface area contributed by atoms with Gasteiger partial charge in [0.1, 0.15) is 0 Å². The number of nitro benzene ring substituents is 1. The number of halogens is 3. The van der Waals surface area contributed by atoms with Crippen LogP contribution in [0.4, 0.5) is 24.5 Å². The van der Waals surface area contributed by atoms with E-state index in [-0.39, 0.29) is 12.1 Å². The van der Waals surface area contributed by atoms with E-state index in [0.717, 1.165) is 6.08 Å². The summed E-state index contributed by atoms with van der Waals surface area (Å²) in [6, 6.07) is 0.258. The Kier molecular flexibility index (Phi) is 3.67. The Morgan fingerprint density at radius 3 is 2.37 bits per heavy atom. The molecule has 0 radical (unpaired) electrons. The number of aliphatic imine (C=N–C) groups is 1. The van der Waals surface area contributed by atoms with Gasteiger partial charge in [0.15, 0.2) is 5.69 Å². The van der Waals surface area contributed by atoms with E-state index in [1.807, 2.05) is 0 Å². The first-order chi connectivity index (χ1) is 8.68. The lowest BCUT2D eigenvalue weighted by molar-refractivity contribution is -0.384. The number of carbonyl (C=O) groups is 1. The summed E-state index contributed by atoms with van der Waals surface area (Å²) < 4.78 is 37.4. The van der Waals surface area contributed by atoms with Crippen molar-refractivity contribution in [2.24, 2.45) is 4.99 Å². The van der Waals surface area contributed by atoms with Crippen LogP contribution in [-0.2, 0) is 11.0 Å². The Bertz CT molecular complexity index is 569. The van der Waals surface area contributed by atoms with E-state index in [2.05, 4.69) is 4.99 Å². The monoisotopic (exact) mass is 276 g/mol. The molecule has 0 aliphatic carbocycles. The molecule has 0 aliphatic heterocycles. The predicted molar refractivity (Wildman–Crippen MR) is 52.8 cm³/mol. The number of carboxylic acid groups (broad SMARTS) is 1. The van der Waals surface area contributed by atoms with Crippen LogP contribution in [-0.4, -0.2) is 22.1 Å². The number of carbonyl (C=O) groups excluding carboxylic acids is 1. The van der Waals surface area contributed by atoms with Crippen molar-refractivity contribution >= 4 is 23.4 Å². The molecule has 0 unspecified atom stereocenters. The fraction of sp³-hybridized carbons (Fsp3) is 0.111.